The van der Waals surface area contributed by atoms with Gasteiger partial charge in [0.25, 0.3) is 5.91 Å². The molecule has 0 atom stereocenters. The molecule has 6 heteroatoms. The third kappa shape index (κ3) is 4.40. The zero-order valence-corrected chi connectivity index (χ0v) is 12.7. The van der Waals surface area contributed by atoms with Crippen molar-refractivity contribution in [1.29, 1.82) is 0 Å². The van der Waals surface area contributed by atoms with E-state index >= 15 is 0 Å². The van der Waals surface area contributed by atoms with Crippen LogP contribution >= 0.6 is 11.6 Å². The predicted octanol–water partition coefficient (Wildman–Crippen LogP) is 2.01. The Bertz CT molecular complexity index is 491. The number of piperazine rings is 1. The van der Waals surface area contributed by atoms with Crippen LogP contribution in [0.25, 0.3) is 0 Å². The molecule has 0 unspecified atom stereocenters. The highest BCUT2D eigenvalue weighted by atomic mass is 35.5. The van der Waals surface area contributed by atoms with Crippen molar-refractivity contribution in [2.75, 3.05) is 39.3 Å². The second-order valence-corrected chi connectivity index (χ2v) is 5.63. The smallest absolute Gasteiger partial charge is 0.256 e. The maximum Gasteiger partial charge on any atom is 0.256 e. The molecule has 1 fully saturated rings. The summed E-state index contributed by atoms with van der Waals surface area (Å²) in [5.41, 5.74) is 0.0770. The molecule has 1 saturated heterocycles. The van der Waals surface area contributed by atoms with Crippen molar-refractivity contribution in [3.63, 3.8) is 0 Å². The van der Waals surface area contributed by atoms with E-state index in [0.717, 1.165) is 32.5 Å². The number of hydrogen-bond donors (Lipinski definition) is 1. The Morgan fingerprint density at radius 1 is 1.24 bits per heavy atom. The zero-order chi connectivity index (χ0) is 15.2. The molecule has 0 radical (unpaired) electrons. The van der Waals surface area contributed by atoms with Gasteiger partial charge in [-0.2, -0.15) is 0 Å². The summed E-state index contributed by atoms with van der Waals surface area (Å²) in [6.45, 7) is 3.91. The van der Waals surface area contributed by atoms with Crippen molar-refractivity contribution < 1.29 is 14.3 Å². The van der Waals surface area contributed by atoms with Gasteiger partial charge in [0.1, 0.15) is 5.82 Å². The fourth-order valence-corrected chi connectivity index (χ4v) is 2.61. The molecule has 1 aromatic carbocycles. The Kier molecular flexibility index (Phi) is 5.96. The minimum Gasteiger partial charge on any atom is -0.396 e. The van der Waals surface area contributed by atoms with E-state index in [2.05, 4.69) is 4.90 Å². The van der Waals surface area contributed by atoms with Crippen LogP contribution in [-0.4, -0.2) is 60.1 Å². The Morgan fingerprint density at radius 3 is 2.57 bits per heavy atom. The van der Waals surface area contributed by atoms with Crippen LogP contribution in [0.15, 0.2) is 18.2 Å². The van der Waals surface area contributed by atoms with Crippen molar-refractivity contribution in [2.45, 2.75) is 12.8 Å². The summed E-state index contributed by atoms with van der Waals surface area (Å²) in [6.07, 6.45) is 1.76. The molecular weight excluding hydrogens is 295 g/mol. The van der Waals surface area contributed by atoms with Gasteiger partial charge in [-0.15, -0.1) is 0 Å². The number of carbonyl (C=O) groups is 1. The van der Waals surface area contributed by atoms with Crippen molar-refractivity contribution >= 4 is 17.5 Å². The van der Waals surface area contributed by atoms with E-state index < -0.39 is 5.82 Å². The highest BCUT2D eigenvalue weighted by Crippen LogP contribution is 2.17. The maximum absolute atomic E-state index is 13.8. The summed E-state index contributed by atoms with van der Waals surface area (Å²) < 4.78 is 13.8. The summed E-state index contributed by atoms with van der Waals surface area (Å²) in [4.78, 5) is 16.2. The van der Waals surface area contributed by atoms with Crippen molar-refractivity contribution in [3.05, 3.63) is 34.6 Å². The van der Waals surface area contributed by atoms with Crippen LogP contribution in [0.5, 0.6) is 0 Å². The SMILES string of the molecule is O=C(c1ccc(Cl)cc1F)N1CCN(CCCCO)CC1. The van der Waals surface area contributed by atoms with Crippen molar-refractivity contribution in [2.24, 2.45) is 0 Å². The third-order valence-corrected chi connectivity index (χ3v) is 3.94. The molecule has 0 spiro atoms. The number of nitrogens with zero attached hydrogens (tertiary/aromatic N) is 2. The number of unbranched alkanes of at least 4 members (excludes halogenated alkanes) is 1. The van der Waals surface area contributed by atoms with Crippen molar-refractivity contribution in [1.82, 2.24) is 9.80 Å². The van der Waals surface area contributed by atoms with Gasteiger partial charge < -0.3 is 10.0 Å². The minimum atomic E-state index is -0.571. The van der Waals surface area contributed by atoms with E-state index in [-0.39, 0.29) is 23.1 Å². The van der Waals surface area contributed by atoms with Crippen molar-refractivity contribution in [3.8, 4) is 0 Å². The fourth-order valence-electron chi connectivity index (χ4n) is 2.46. The molecule has 0 aromatic heterocycles. The Hall–Kier alpha value is -1.17. The number of halogens is 2. The van der Waals surface area contributed by atoms with Crippen LogP contribution in [0.4, 0.5) is 4.39 Å². The average Bonchev–Trinajstić information content (AvgIpc) is 2.48. The summed E-state index contributed by atoms with van der Waals surface area (Å²) in [7, 11) is 0. The number of benzene rings is 1. The molecule has 1 aromatic rings. The highest BCUT2D eigenvalue weighted by molar-refractivity contribution is 6.30. The lowest BCUT2D eigenvalue weighted by Crippen LogP contribution is -2.49. The third-order valence-electron chi connectivity index (χ3n) is 3.70. The van der Waals surface area contributed by atoms with Gasteiger partial charge in [-0.3, -0.25) is 9.69 Å². The Morgan fingerprint density at radius 2 is 1.95 bits per heavy atom. The van der Waals surface area contributed by atoms with E-state index in [1.54, 1.807) is 4.90 Å². The predicted molar refractivity (Wildman–Crippen MR) is 80.1 cm³/mol. The number of carbonyl (C=O) groups excluding carboxylic acids is 1. The molecule has 0 saturated carbocycles. The van der Waals surface area contributed by atoms with Gasteiger partial charge in [-0.25, -0.2) is 4.39 Å². The normalized spacial score (nSPS) is 16.2. The second-order valence-electron chi connectivity index (χ2n) is 5.19. The van der Waals surface area contributed by atoms with Gasteiger partial charge in [0.15, 0.2) is 0 Å². The van der Waals surface area contributed by atoms with E-state index in [1.807, 2.05) is 0 Å². The van der Waals surface area contributed by atoms with Crippen LogP contribution in [-0.2, 0) is 0 Å². The molecule has 0 aliphatic carbocycles. The first kappa shape index (κ1) is 16.2. The lowest BCUT2D eigenvalue weighted by Gasteiger charge is -2.34. The van der Waals surface area contributed by atoms with Gasteiger partial charge in [0.2, 0.25) is 0 Å². The number of aliphatic hydroxyl groups excluding tert-OH is 1. The number of hydrogen-bond acceptors (Lipinski definition) is 3. The molecule has 1 heterocycles. The molecule has 1 aliphatic rings. The molecule has 2 rings (SSSR count). The van der Waals surface area contributed by atoms with E-state index in [9.17, 15) is 9.18 Å². The molecule has 0 bridgehead atoms. The first-order chi connectivity index (χ1) is 10.1. The summed E-state index contributed by atoms with van der Waals surface area (Å²) >= 11 is 5.70. The summed E-state index contributed by atoms with van der Waals surface area (Å²) in [5.74, 6) is -0.850. The topological polar surface area (TPSA) is 43.8 Å². The number of amides is 1. The van der Waals surface area contributed by atoms with Gasteiger partial charge in [0.05, 0.1) is 5.56 Å². The molecule has 1 aliphatic heterocycles. The lowest BCUT2D eigenvalue weighted by atomic mass is 10.1. The highest BCUT2D eigenvalue weighted by Gasteiger charge is 2.23. The second kappa shape index (κ2) is 7.73. The number of rotatable bonds is 5. The van der Waals surface area contributed by atoms with Gasteiger partial charge in [-0.1, -0.05) is 11.6 Å². The van der Waals surface area contributed by atoms with Crippen LogP contribution < -0.4 is 0 Å². The minimum absolute atomic E-state index is 0.0770. The monoisotopic (exact) mass is 314 g/mol. The van der Waals surface area contributed by atoms with Crippen LogP contribution in [0.2, 0.25) is 5.02 Å². The molecule has 21 heavy (non-hydrogen) atoms. The summed E-state index contributed by atoms with van der Waals surface area (Å²) in [6, 6.07) is 4.14. The van der Waals surface area contributed by atoms with E-state index in [4.69, 9.17) is 16.7 Å². The summed E-state index contributed by atoms with van der Waals surface area (Å²) in [5, 5.41) is 9.06. The van der Waals surface area contributed by atoms with Crippen LogP contribution in [0, 0.1) is 5.82 Å². The van der Waals surface area contributed by atoms with Crippen LogP contribution in [0.3, 0.4) is 0 Å². The van der Waals surface area contributed by atoms with Gasteiger partial charge in [-0.05, 0) is 37.6 Å². The molecule has 1 amide bonds. The van der Waals surface area contributed by atoms with Gasteiger partial charge >= 0.3 is 0 Å². The lowest BCUT2D eigenvalue weighted by molar-refractivity contribution is 0.0629. The standard InChI is InChI=1S/C15H20ClFN2O2/c16-12-3-4-13(14(17)11-12)15(21)19-8-6-18(7-9-19)5-1-2-10-20/h3-4,11,20H,1-2,5-10H2. The van der Waals surface area contributed by atoms with E-state index in [1.165, 1.54) is 18.2 Å². The quantitative estimate of drug-likeness (QED) is 0.846. The van der Waals surface area contributed by atoms with Crippen LogP contribution in [0.1, 0.15) is 23.2 Å². The molecule has 1 N–H and O–H groups in total. The molecular formula is C15H20ClFN2O2. The molecule has 4 nitrogen and oxygen atoms in total. The molecule has 116 valence electrons. The first-order valence-electron chi connectivity index (χ1n) is 7.19. The Labute approximate surface area is 129 Å². The fraction of sp³-hybridized carbons (Fsp3) is 0.533. The average molecular weight is 315 g/mol. The maximum atomic E-state index is 13.8. The van der Waals surface area contributed by atoms with E-state index in [0.29, 0.717) is 13.1 Å². The number of aliphatic hydroxyl groups is 1. The largest absolute Gasteiger partial charge is 0.396 e. The zero-order valence-electron chi connectivity index (χ0n) is 11.9. The Balaban J connectivity index is 1.88. The van der Waals surface area contributed by atoms with Gasteiger partial charge in [0, 0.05) is 37.8 Å². The first-order valence-corrected chi connectivity index (χ1v) is 7.57.